The second kappa shape index (κ2) is 6.01. The molecule has 0 unspecified atom stereocenters. The summed E-state index contributed by atoms with van der Waals surface area (Å²) in [7, 11) is 1.73. The highest BCUT2D eigenvalue weighted by Gasteiger charge is 2.12. The molecule has 0 bridgehead atoms. The molecule has 0 aromatic heterocycles. The van der Waals surface area contributed by atoms with Crippen LogP contribution in [0.5, 0.6) is 0 Å². The fraction of sp³-hybridized carbons (Fsp3) is 0.250. The summed E-state index contributed by atoms with van der Waals surface area (Å²) >= 11 is 0. The highest BCUT2D eigenvalue weighted by molar-refractivity contribution is 5.46. The summed E-state index contributed by atoms with van der Waals surface area (Å²) in [5, 5.41) is 10.2. The van der Waals surface area contributed by atoms with Crippen molar-refractivity contribution in [3.05, 3.63) is 65.2 Å². The lowest BCUT2D eigenvalue weighted by Crippen LogP contribution is -2.24. The number of anilines is 1. The molecule has 0 aliphatic rings. The van der Waals surface area contributed by atoms with Crippen molar-refractivity contribution in [3.8, 4) is 0 Å². The monoisotopic (exact) mass is 277 g/mol. The molecule has 0 amide bonds. The number of nitrogens with zero attached hydrogens (tertiary/aromatic N) is 1. The molecule has 0 spiro atoms. The Morgan fingerprint density at radius 1 is 1.05 bits per heavy atom. The second-order valence-corrected chi connectivity index (χ2v) is 4.91. The Morgan fingerprint density at radius 2 is 1.70 bits per heavy atom. The van der Waals surface area contributed by atoms with Crippen molar-refractivity contribution in [3.63, 3.8) is 0 Å². The number of benzene rings is 2. The van der Waals surface area contributed by atoms with Crippen molar-refractivity contribution in [2.24, 2.45) is 0 Å². The number of aliphatic hydroxyl groups excluding tert-OH is 1. The van der Waals surface area contributed by atoms with Crippen molar-refractivity contribution < 1.29 is 13.9 Å². The van der Waals surface area contributed by atoms with Crippen LogP contribution in [0.25, 0.3) is 0 Å². The van der Waals surface area contributed by atoms with Gasteiger partial charge in [-0.15, -0.1) is 0 Å². The van der Waals surface area contributed by atoms with E-state index in [1.807, 2.05) is 31.2 Å². The molecule has 20 heavy (non-hydrogen) atoms. The normalized spacial score (nSPS) is 12.2. The van der Waals surface area contributed by atoms with Gasteiger partial charge in [0.05, 0.1) is 6.10 Å². The zero-order valence-corrected chi connectivity index (χ0v) is 11.5. The van der Waals surface area contributed by atoms with Gasteiger partial charge in [-0.2, -0.15) is 0 Å². The lowest BCUT2D eigenvalue weighted by atomic mass is 10.1. The lowest BCUT2D eigenvalue weighted by molar-refractivity contribution is 0.185. The summed E-state index contributed by atoms with van der Waals surface area (Å²) in [5.74, 6) is -1.76. The molecule has 0 aliphatic carbocycles. The maximum Gasteiger partial charge on any atom is 0.160 e. The van der Waals surface area contributed by atoms with Crippen LogP contribution in [0.15, 0.2) is 42.5 Å². The third kappa shape index (κ3) is 3.33. The van der Waals surface area contributed by atoms with Crippen molar-refractivity contribution in [2.75, 3.05) is 18.5 Å². The standard InChI is InChI=1S/C16H17F2NO/c1-11-3-5-12(6-4-11)16(20)10-19(2)13-7-8-14(17)15(18)9-13/h3-9,16,20H,10H2,1-2H3/t16-/m0/s1. The minimum absolute atomic E-state index is 0.300. The van der Waals surface area contributed by atoms with E-state index < -0.39 is 17.7 Å². The maximum absolute atomic E-state index is 13.2. The Balaban J connectivity index is 2.08. The topological polar surface area (TPSA) is 23.5 Å². The van der Waals surface area contributed by atoms with Gasteiger partial charge in [-0.05, 0) is 24.6 Å². The SMILES string of the molecule is Cc1ccc([C@@H](O)CN(C)c2ccc(F)c(F)c2)cc1. The van der Waals surface area contributed by atoms with E-state index in [1.165, 1.54) is 6.07 Å². The molecule has 2 nitrogen and oxygen atoms in total. The summed E-state index contributed by atoms with van der Waals surface area (Å²) in [5.41, 5.74) is 2.44. The molecular formula is C16H17F2NO. The predicted octanol–water partition coefficient (Wildman–Crippen LogP) is 3.44. The Morgan fingerprint density at radius 3 is 2.30 bits per heavy atom. The van der Waals surface area contributed by atoms with E-state index in [1.54, 1.807) is 11.9 Å². The van der Waals surface area contributed by atoms with E-state index in [-0.39, 0.29) is 0 Å². The van der Waals surface area contributed by atoms with E-state index in [0.717, 1.165) is 23.3 Å². The van der Waals surface area contributed by atoms with Gasteiger partial charge in [0.15, 0.2) is 11.6 Å². The smallest absolute Gasteiger partial charge is 0.160 e. The predicted molar refractivity (Wildman–Crippen MR) is 75.8 cm³/mol. The van der Waals surface area contributed by atoms with Gasteiger partial charge in [0, 0.05) is 25.3 Å². The molecule has 1 atom stereocenters. The van der Waals surface area contributed by atoms with Crippen LogP contribution in [0.1, 0.15) is 17.2 Å². The fourth-order valence-electron chi connectivity index (χ4n) is 1.98. The molecule has 2 aromatic carbocycles. The van der Waals surface area contributed by atoms with Gasteiger partial charge >= 0.3 is 0 Å². The molecule has 0 heterocycles. The van der Waals surface area contributed by atoms with Crippen LogP contribution in [0, 0.1) is 18.6 Å². The quantitative estimate of drug-likeness (QED) is 0.925. The van der Waals surface area contributed by atoms with Crippen LogP contribution >= 0.6 is 0 Å². The second-order valence-electron chi connectivity index (χ2n) is 4.91. The Kier molecular flexibility index (Phi) is 4.35. The first-order chi connectivity index (χ1) is 9.47. The molecule has 4 heteroatoms. The van der Waals surface area contributed by atoms with Crippen molar-refractivity contribution >= 4 is 5.69 Å². The van der Waals surface area contributed by atoms with E-state index in [4.69, 9.17) is 0 Å². The first kappa shape index (κ1) is 14.5. The summed E-state index contributed by atoms with van der Waals surface area (Å²) in [6.45, 7) is 2.28. The van der Waals surface area contributed by atoms with E-state index in [9.17, 15) is 13.9 Å². The van der Waals surface area contributed by atoms with Gasteiger partial charge in [-0.3, -0.25) is 0 Å². The average Bonchev–Trinajstić information content (AvgIpc) is 2.42. The minimum Gasteiger partial charge on any atom is -0.387 e. The van der Waals surface area contributed by atoms with E-state index in [2.05, 4.69) is 0 Å². The highest BCUT2D eigenvalue weighted by atomic mass is 19.2. The Hall–Kier alpha value is -1.94. The van der Waals surface area contributed by atoms with Gasteiger partial charge in [-0.25, -0.2) is 8.78 Å². The number of aryl methyl sites for hydroxylation is 1. The molecule has 0 saturated carbocycles. The highest BCUT2D eigenvalue weighted by Crippen LogP contribution is 2.20. The number of rotatable bonds is 4. The van der Waals surface area contributed by atoms with Gasteiger partial charge in [0.25, 0.3) is 0 Å². The van der Waals surface area contributed by atoms with Crippen LogP contribution in [0.3, 0.4) is 0 Å². The molecule has 0 fully saturated rings. The number of aliphatic hydroxyl groups is 1. The zero-order chi connectivity index (χ0) is 14.7. The van der Waals surface area contributed by atoms with Gasteiger partial charge < -0.3 is 10.0 Å². The van der Waals surface area contributed by atoms with Gasteiger partial charge in [0.2, 0.25) is 0 Å². The third-order valence-corrected chi connectivity index (χ3v) is 3.25. The molecule has 2 aromatic rings. The van der Waals surface area contributed by atoms with Crippen LogP contribution in [0.4, 0.5) is 14.5 Å². The fourth-order valence-corrected chi connectivity index (χ4v) is 1.98. The third-order valence-electron chi connectivity index (χ3n) is 3.25. The summed E-state index contributed by atoms with van der Waals surface area (Å²) in [6.07, 6.45) is -0.686. The number of halogens is 2. The molecule has 106 valence electrons. The first-order valence-corrected chi connectivity index (χ1v) is 6.38. The van der Waals surface area contributed by atoms with E-state index in [0.29, 0.717) is 12.2 Å². The van der Waals surface area contributed by atoms with E-state index >= 15 is 0 Å². The average molecular weight is 277 g/mol. The Bertz CT molecular complexity index is 584. The van der Waals surface area contributed by atoms with Crippen molar-refractivity contribution in [1.82, 2.24) is 0 Å². The van der Waals surface area contributed by atoms with Crippen molar-refractivity contribution in [1.29, 1.82) is 0 Å². The molecule has 0 radical (unpaired) electrons. The molecule has 1 N–H and O–H groups in total. The van der Waals surface area contributed by atoms with Gasteiger partial charge in [0.1, 0.15) is 0 Å². The number of likely N-dealkylation sites (N-methyl/N-ethyl adjacent to an activating group) is 1. The largest absolute Gasteiger partial charge is 0.387 e. The summed E-state index contributed by atoms with van der Waals surface area (Å²) in [4.78, 5) is 1.69. The number of hydrogen-bond acceptors (Lipinski definition) is 2. The van der Waals surface area contributed by atoms with Crippen LogP contribution in [0.2, 0.25) is 0 Å². The molecule has 0 aliphatic heterocycles. The molecule has 2 rings (SSSR count). The molecular weight excluding hydrogens is 260 g/mol. The first-order valence-electron chi connectivity index (χ1n) is 6.38. The number of hydrogen-bond donors (Lipinski definition) is 1. The summed E-state index contributed by atoms with van der Waals surface area (Å²) < 4.78 is 26.1. The van der Waals surface area contributed by atoms with Crippen molar-refractivity contribution in [2.45, 2.75) is 13.0 Å². The molecule has 0 saturated heterocycles. The van der Waals surface area contributed by atoms with Gasteiger partial charge in [-0.1, -0.05) is 29.8 Å². The van der Waals surface area contributed by atoms with Crippen LogP contribution in [-0.4, -0.2) is 18.7 Å². The van der Waals surface area contributed by atoms with Crippen LogP contribution < -0.4 is 4.90 Å². The Labute approximate surface area is 117 Å². The van der Waals surface area contributed by atoms with Crippen LogP contribution in [-0.2, 0) is 0 Å². The zero-order valence-electron chi connectivity index (χ0n) is 11.5. The maximum atomic E-state index is 13.2. The minimum atomic E-state index is -0.890. The summed E-state index contributed by atoms with van der Waals surface area (Å²) in [6, 6.07) is 11.3. The lowest BCUT2D eigenvalue weighted by Gasteiger charge is -2.23.